The topological polar surface area (TPSA) is 52.6 Å². The third-order valence-electron chi connectivity index (χ3n) is 8.16. The van der Waals surface area contributed by atoms with Crippen molar-refractivity contribution in [3.05, 3.63) is 12.2 Å². The minimum atomic E-state index is -0.983. The maximum absolute atomic E-state index is 13.7. The van der Waals surface area contributed by atoms with Gasteiger partial charge in [-0.25, -0.2) is 0 Å². The zero-order valence-electron chi connectivity index (χ0n) is 18.8. The number of allylic oxidation sites excluding steroid dienone is 2. The largest absolute Gasteiger partial charge is 0.469 e. The van der Waals surface area contributed by atoms with Crippen molar-refractivity contribution in [1.82, 2.24) is 0 Å². The number of fused-ring (bicyclic) bond motifs is 2. The Balaban J connectivity index is 3.14. The Hall–Kier alpha value is -1.32. The first-order valence-corrected chi connectivity index (χ1v) is 10.3. The molecule has 0 aromatic carbocycles. The van der Waals surface area contributed by atoms with Crippen LogP contribution in [0, 0.1) is 45.3 Å². The molecule has 27 heavy (non-hydrogen) atoms. The molecule has 1 fully saturated rings. The molecule has 2 rings (SSSR count). The maximum atomic E-state index is 13.7. The fourth-order valence-corrected chi connectivity index (χ4v) is 7.36. The number of methoxy groups -OCH3 is 2. The SMILES string of the molecule is COC(=O)C1(C(C)C)C2(C(C)C)C=CC(C(C)C)(C2)C1(C(=O)OC)C(C)C. The molecule has 0 aromatic heterocycles. The summed E-state index contributed by atoms with van der Waals surface area (Å²) in [6, 6.07) is 0. The first kappa shape index (κ1) is 22.0. The van der Waals surface area contributed by atoms with Crippen LogP contribution in [0.25, 0.3) is 0 Å². The zero-order valence-corrected chi connectivity index (χ0v) is 18.8. The highest BCUT2D eigenvalue weighted by molar-refractivity contribution is 5.93. The molecule has 4 heteroatoms. The van der Waals surface area contributed by atoms with Gasteiger partial charge in [-0.05, 0) is 30.1 Å². The molecule has 0 N–H and O–H groups in total. The summed E-state index contributed by atoms with van der Waals surface area (Å²) in [5.74, 6) is -0.365. The average Bonchev–Trinajstić information content (AvgIpc) is 3.11. The summed E-state index contributed by atoms with van der Waals surface area (Å²) in [6.45, 7) is 16.9. The summed E-state index contributed by atoms with van der Waals surface area (Å²) in [4.78, 5) is 27.4. The van der Waals surface area contributed by atoms with E-state index in [0.717, 1.165) is 6.42 Å². The molecule has 0 saturated heterocycles. The van der Waals surface area contributed by atoms with Gasteiger partial charge in [0, 0.05) is 10.8 Å². The molecular formula is C23H38O4. The van der Waals surface area contributed by atoms with Crippen molar-refractivity contribution in [1.29, 1.82) is 0 Å². The van der Waals surface area contributed by atoms with Gasteiger partial charge in [-0.1, -0.05) is 67.5 Å². The molecule has 2 aliphatic carbocycles. The molecule has 0 aliphatic heterocycles. The lowest BCUT2D eigenvalue weighted by atomic mass is 9.40. The van der Waals surface area contributed by atoms with Crippen LogP contribution in [0.15, 0.2) is 12.2 Å². The van der Waals surface area contributed by atoms with E-state index < -0.39 is 21.7 Å². The molecular weight excluding hydrogens is 340 g/mol. The van der Waals surface area contributed by atoms with E-state index in [2.05, 4.69) is 67.5 Å². The van der Waals surface area contributed by atoms with E-state index in [4.69, 9.17) is 9.47 Å². The van der Waals surface area contributed by atoms with Crippen LogP contribution in [0.3, 0.4) is 0 Å². The van der Waals surface area contributed by atoms with Gasteiger partial charge in [-0.15, -0.1) is 0 Å². The van der Waals surface area contributed by atoms with Gasteiger partial charge >= 0.3 is 11.9 Å². The lowest BCUT2D eigenvalue weighted by Gasteiger charge is -2.60. The monoisotopic (exact) mass is 378 g/mol. The minimum absolute atomic E-state index is 0.0839. The molecule has 4 nitrogen and oxygen atoms in total. The highest BCUT2D eigenvalue weighted by Gasteiger charge is 2.86. The lowest BCUT2D eigenvalue weighted by Crippen LogP contribution is -2.67. The van der Waals surface area contributed by atoms with Crippen molar-refractivity contribution in [2.45, 2.75) is 61.8 Å². The number of rotatable bonds is 6. The van der Waals surface area contributed by atoms with Crippen LogP contribution in [-0.4, -0.2) is 26.2 Å². The van der Waals surface area contributed by atoms with E-state index in [1.165, 1.54) is 14.2 Å². The second-order valence-corrected chi connectivity index (χ2v) is 9.81. The Labute approximate surface area is 165 Å². The van der Waals surface area contributed by atoms with Gasteiger partial charge in [0.2, 0.25) is 0 Å². The fourth-order valence-electron chi connectivity index (χ4n) is 7.36. The van der Waals surface area contributed by atoms with Crippen LogP contribution in [-0.2, 0) is 19.1 Å². The van der Waals surface area contributed by atoms with Crippen molar-refractivity contribution in [3.8, 4) is 0 Å². The number of hydrogen-bond acceptors (Lipinski definition) is 4. The maximum Gasteiger partial charge on any atom is 0.314 e. The van der Waals surface area contributed by atoms with Crippen LogP contribution in [0.4, 0.5) is 0 Å². The van der Waals surface area contributed by atoms with Gasteiger partial charge in [0.1, 0.15) is 0 Å². The van der Waals surface area contributed by atoms with Crippen LogP contribution >= 0.6 is 0 Å². The van der Waals surface area contributed by atoms with Crippen LogP contribution in [0.1, 0.15) is 61.8 Å². The Morgan fingerprint density at radius 1 is 0.667 bits per heavy atom. The van der Waals surface area contributed by atoms with Gasteiger partial charge in [-0.2, -0.15) is 0 Å². The third kappa shape index (κ3) is 2.05. The first-order chi connectivity index (χ1) is 12.4. The highest BCUT2D eigenvalue weighted by Crippen LogP contribution is 2.83. The van der Waals surface area contributed by atoms with Crippen LogP contribution < -0.4 is 0 Å². The zero-order chi connectivity index (χ0) is 21.0. The first-order valence-electron chi connectivity index (χ1n) is 10.3. The number of carbonyl (C=O) groups is 2. The Morgan fingerprint density at radius 2 is 0.963 bits per heavy atom. The van der Waals surface area contributed by atoms with E-state index in [1.54, 1.807) is 0 Å². The van der Waals surface area contributed by atoms with Crippen molar-refractivity contribution in [3.63, 3.8) is 0 Å². The smallest absolute Gasteiger partial charge is 0.314 e. The van der Waals surface area contributed by atoms with Crippen molar-refractivity contribution in [2.24, 2.45) is 45.3 Å². The van der Waals surface area contributed by atoms with Crippen LogP contribution in [0.2, 0.25) is 0 Å². The Bertz CT molecular complexity index is 593. The number of esters is 2. The third-order valence-corrected chi connectivity index (χ3v) is 8.16. The van der Waals surface area contributed by atoms with E-state index in [9.17, 15) is 9.59 Å². The minimum Gasteiger partial charge on any atom is -0.469 e. The summed E-state index contributed by atoms with van der Waals surface area (Å²) in [6.07, 6.45) is 5.24. The molecule has 0 spiro atoms. The number of hydrogen-bond donors (Lipinski definition) is 0. The van der Waals surface area contributed by atoms with Crippen molar-refractivity contribution >= 4 is 11.9 Å². The summed E-state index contributed by atoms with van der Waals surface area (Å²) in [5.41, 5.74) is -2.86. The normalized spacial score (nSPS) is 37.7. The van der Waals surface area contributed by atoms with E-state index in [-0.39, 0.29) is 35.6 Å². The number of ether oxygens (including phenoxy) is 2. The molecule has 0 aromatic rings. The van der Waals surface area contributed by atoms with Gasteiger partial charge in [0.05, 0.1) is 25.0 Å². The van der Waals surface area contributed by atoms with E-state index in [1.807, 2.05) is 0 Å². The van der Waals surface area contributed by atoms with Crippen molar-refractivity contribution in [2.75, 3.05) is 14.2 Å². The van der Waals surface area contributed by atoms with Gasteiger partial charge in [0.15, 0.2) is 0 Å². The average molecular weight is 379 g/mol. The van der Waals surface area contributed by atoms with E-state index >= 15 is 0 Å². The lowest BCUT2D eigenvalue weighted by molar-refractivity contribution is -0.210. The molecule has 2 aliphatic rings. The summed E-state index contributed by atoms with van der Waals surface area (Å²) in [5, 5.41) is 0. The van der Waals surface area contributed by atoms with Crippen molar-refractivity contribution < 1.29 is 19.1 Å². The second kappa shape index (κ2) is 6.63. The Kier molecular flexibility index (Phi) is 5.40. The van der Waals surface area contributed by atoms with Gasteiger partial charge in [0.25, 0.3) is 0 Å². The van der Waals surface area contributed by atoms with E-state index in [0.29, 0.717) is 0 Å². The molecule has 0 amide bonds. The molecule has 4 unspecified atom stereocenters. The Morgan fingerprint density at radius 3 is 1.15 bits per heavy atom. The number of carbonyl (C=O) groups excluding carboxylic acids is 2. The van der Waals surface area contributed by atoms with Gasteiger partial charge < -0.3 is 9.47 Å². The molecule has 1 saturated carbocycles. The molecule has 4 atom stereocenters. The predicted octanol–water partition coefficient (Wildman–Crippen LogP) is 4.88. The highest BCUT2D eigenvalue weighted by atomic mass is 16.5. The summed E-state index contributed by atoms with van der Waals surface area (Å²) >= 11 is 0. The fraction of sp³-hybridized carbons (Fsp3) is 0.826. The van der Waals surface area contributed by atoms with Crippen LogP contribution in [0.5, 0.6) is 0 Å². The quantitative estimate of drug-likeness (QED) is 0.488. The molecule has 0 heterocycles. The second-order valence-electron chi connectivity index (χ2n) is 9.81. The molecule has 2 bridgehead atoms. The summed E-state index contributed by atoms with van der Waals surface area (Å²) < 4.78 is 10.9. The predicted molar refractivity (Wildman–Crippen MR) is 107 cm³/mol. The summed E-state index contributed by atoms with van der Waals surface area (Å²) in [7, 11) is 2.89. The standard InChI is InChI=1S/C23H38O4/c1-14(2)20-11-12-21(13-20,15(3)4)23(17(7)8,19(25)27-10)22(20,16(5)6)18(24)26-9/h11-12,14-17H,13H2,1-10H3. The molecule has 0 radical (unpaired) electrons. The molecule has 154 valence electrons. The van der Waals surface area contributed by atoms with Gasteiger partial charge in [-0.3, -0.25) is 9.59 Å².